The molecule has 0 radical (unpaired) electrons. The predicted octanol–water partition coefficient (Wildman–Crippen LogP) is 3.16. The summed E-state index contributed by atoms with van der Waals surface area (Å²) < 4.78 is 2.11. The number of anilines is 1. The van der Waals surface area contributed by atoms with Gasteiger partial charge in [0.05, 0.1) is 0 Å². The summed E-state index contributed by atoms with van der Waals surface area (Å²) in [6.45, 7) is 5.82. The second-order valence-corrected chi connectivity index (χ2v) is 8.55. The van der Waals surface area contributed by atoms with Crippen molar-refractivity contribution in [1.82, 2.24) is 0 Å². The average Bonchev–Trinajstić information content (AvgIpc) is 2.18. The molecule has 1 atom stereocenters. The molecule has 0 fully saturated rings. The first-order valence-electron chi connectivity index (χ1n) is 4.19. The minimum Gasteiger partial charge on any atom is -0.385 e. The number of para-hydroxylation sites is 1. The van der Waals surface area contributed by atoms with E-state index in [1.54, 1.807) is 0 Å². The molecule has 1 aromatic rings. The number of rotatable bonds is 3. The summed E-state index contributed by atoms with van der Waals surface area (Å²) in [5.41, 5.74) is 3.01. The molecule has 0 aliphatic rings. The van der Waals surface area contributed by atoms with Crippen molar-refractivity contribution in [1.29, 1.82) is 0 Å². The molecule has 0 amide bonds. The van der Waals surface area contributed by atoms with Gasteiger partial charge >= 0.3 is 0 Å². The van der Waals surface area contributed by atoms with Gasteiger partial charge in [0, 0.05) is 5.69 Å². The van der Waals surface area contributed by atoms with E-state index in [2.05, 4.69) is 29.8 Å². The van der Waals surface area contributed by atoms with E-state index in [9.17, 15) is 0 Å². The molecule has 0 aliphatic heterocycles. The quantitative estimate of drug-likeness (QED) is 0.549. The van der Waals surface area contributed by atoms with E-state index >= 15 is 0 Å². The summed E-state index contributed by atoms with van der Waals surface area (Å²) in [6, 6.07) is 10.1. The number of benzene rings is 1. The Balaban J connectivity index is 2.91. The fourth-order valence-electron chi connectivity index (χ4n) is 1.04. The van der Waals surface area contributed by atoms with Crippen molar-refractivity contribution in [2.75, 3.05) is 11.6 Å². The van der Waals surface area contributed by atoms with E-state index < -0.39 is 7.55 Å². The lowest BCUT2D eigenvalue weighted by Gasteiger charge is -2.30. The number of hydrogen-bond donors (Lipinski definition) is 0. The molecule has 0 bridgehead atoms. The van der Waals surface area contributed by atoms with Crippen molar-refractivity contribution >= 4 is 24.3 Å². The number of hydrogen-bond acceptors (Lipinski definition) is 1. The molecule has 3 heteroatoms. The molecular weight excluding hydrogens is 198 g/mol. The lowest BCUT2D eigenvalue weighted by atomic mass is 10.3. The molecular formula is C10H14ClNSi. The van der Waals surface area contributed by atoms with Gasteiger partial charge < -0.3 is 4.57 Å². The summed E-state index contributed by atoms with van der Waals surface area (Å²) in [6.07, 6.45) is 0. The van der Waals surface area contributed by atoms with Crippen LogP contribution in [0.15, 0.2) is 42.6 Å². The molecule has 13 heavy (non-hydrogen) atoms. The normalized spacial score (nSPS) is 14.7. The van der Waals surface area contributed by atoms with E-state index in [0.717, 1.165) is 5.69 Å². The topological polar surface area (TPSA) is 3.24 Å². The molecule has 0 heterocycles. The molecule has 0 N–H and O–H groups in total. The molecule has 0 aliphatic carbocycles. The first-order valence-corrected chi connectivity index (χ1v) is 7.73. The number of nitrogens with zero attached hydrogens (tertiary/aromatic N) is 1. The maximum absolute atomic E-state index is 6.35. The molecule has 1 aromatic carbocycles. The Hall–Kier alpha value is -0.733. The Morgan fingerprint density at radius 2 is 1.92 bits per heavy atom. The molecule has 1 nitrogen and oxygen atoms in total. The second kappa shape index (κ2) is 3.98. The monoisotopic (exact) mass is 211 g/mol. The zero-order valence-electron chi connectivity index (χ0n) is 8.00. The Morgan fingerprint density at radius 1 is 1.38 bits per heavy atom. The predicted molar refractivity (Wildman–Crippen MR) is 62.5 cm³/mol. The third-order valence-electron chi connectivity index (χ3n) is 2.17. The van der Waals surface area contributed by atoms with E-state index in [1.807, 2.05) is 30.9 Å². The summed E-state index contributed by atoms with van der Waals surface area (Å²) in [4.78, 5) is 0. The van der Waals surface area contributed by atoms with E-state index in [4.69, 9.17) is 11.1 Å². The third kappa shape index (κ3) is 2.36. The van der Waals surface area contributed by atoms with Gasteiger partial charge in [0.1, 0.15) is 0 Å². The minimum absolute atomic E-state index is 1.14. The van der Waals surface area contributed by atoms with Gasteiger partial charge in [-0.25, -0.2) is 0 Å². The van der Waals surface area contributed by atoms with E-state index in [-0.39, 0.29) is 0 Å². The van der Waals surface area contributed by atoms with Crippen LogP contribution in [0.4, 0.5) is 5.69 Å². The van der Waals surface area contributed by atoms with Gasteiger partial charge in [-0.05, 0) is 25.7 Å². The van der Waals surface area contributed by atoms with Crippen LogP contribution < -0.4 is 4.57 Å². The van der Waals surface area contributed by atoms with E-state index in [1.165, 1.54) is 0 Å². The highest BCUT2D eigenvalue weighted by atomic mass is 35.6. The fourth-order valence-corrected chi connectivity index (χ4v) is 2.26. The van der Waals surface area contributed by atoms with Crippen LogP contribution in [0.3, 0.4) is 0 Å². The van der Waals surface area contributed by atoms with Gasteiger partial charge in [-0.15, -0.1) is 17.7 Å². The van der Waals surface area contributed by atoms with Crippen LogP contribution in [0.5, 0.6) is 0 Å². The Bertz CT molecular complexity index is 284. The first kappa shape index (κ1) is 10.3. The Labute approximate surface area is 85.4 Å². The van der Waals surface area contributed by atoms with Gasteiger partial charge in [-0.2, -0.15) is 0 Å². The van der Waals surface area contributed by atoms with Crippen molar-refractivity contribution in [2.45, 2.75) is 6.55 Å². The lowest BCUT2D eigenvalue weighted by Crippen LogP contribution is -2.42. The maximum Gasteiger partial charge on any atom is 0.276 e. The van der Waals surface area contributed by atoms with Crippen LogP contribution in [0.1, 0.15) is 0 Å². The highest BCUT2D eigenvalue weighted by Gasteiger charge is 2.26. The van der Waals surface area contributed by atoms with Crippen LogP contribution in [-0.2, 0) is 0 Å². The summed E-state index contributed by atoms with van der Waals surface area (Å²) >= 11 is 6.35. The SMILES string of the molecule is C=C[Si](C)(Cl)N(C)c1ccccc1. The maximum atomic E-state index is 6.35. The summed E-state index contributed by atoms with van der Waals surface area (Å²) in [7, 11) is 0.0581. The van der Waals surface area contributed by atoms with Gasteiger partial charge in [0.2, 0.25) is 0 Å². The highest BCUT2D eigenvalue weighted by Crippen LogP contribution is 2.22. The van der Waals surface area contributed by atoms with E-state index in [0.29, 0.717) is 0 Å². The van der Waals surface area contributed by atoms with Crippen molar-refractivity contribution in [3.05, 3.63) is 42.6 Å². The van der Waals surface area contributed by atoms with Crippen molar-refractivity contribution in [3.8, 4) is 0 Å². The summed E-state index contributed by atoms with van der Waals surface area (Å²) in [5.74, 6) is 0. The summed E-state index contributed by atoms with van der Waals surface area (Å²) in [5, 5.41) is 0. The standard InChI is InChI=1S/C10H14ClNSi/c1-4-13(3,11)12(2)10-8-6-5-7-9-10/h4-9H,1H2,2-3H3. The average molecular weight is 212 g/mol. The highest BCUT2D eigenvalue weighted by molar-refractivity contribution is 7.24. The van der Waals surface area contributed by atoms with Crippen molar-refractivity contribution in [2.24, 2.45) is 0 Å². The molecule has 1 rings (SSSR count). The number of halogens is 1. The fraction of sp³-hybridized carbons (Fsp3) is 0.200. The minimum atomic E-state index is -1.95. The van der Waals surface area contributed by atoms with Gasteiger partial charge in [-0.3, -0.25) is 0 Å². The molecule has 0 saturated carbocycles. The largest absolute Gasteiger partial charge is 0.385 e. The molecule has 0 saturated heterocycles. The van der Waals surface area contributed by atoms with Gasteiger partial charge in [-0.1, -0.05) is 23.9 Å². The van der Waals surface area contributed by atoms with Crippen LogP contribution in [0.2, 0.25) is 6.55 Å². The van der Waals surface area contributed by atoms with Crippen LogP contribution in [-0.4, -0.2) is 14.6 Å². The Kier molecular flexibility index (Phi) is 3.17. The van der Waals surface area contributed by atoms with Crippen molar-refractivity contribution in [3.63, 3.8) is 0 Å². The lowest BCUT2D eigenvalue weighted by molar-refractivity contribution is 1.29. The van der Waals surface area contributed by atoms with Crippen LogP contribution in [0.25, 0.3) is 0 Å². The molecule has 0 spiro atoms. The van der Waals surface area contributed by atoms with Crippen LogP contribution in [0, 0.1) is 0 Å². The zero-order valence-corrected chi connectivity index (χ0v) is 9.75. The Morgan fingerprint density at radius 3 is 2.38 bits per heavy atom. The molecule has 70 valence electrons. The second-order valence-electron chi connectivity index (χ2n) is 3.12. The van der Waals surface area contributed by atoms with Gasteiger partial charge in [0.25, 0.3) is 7.55 Å². The zero-order chi connectivity index (χ0) is 9.90. The third-order valence-corrected chi connectivity index (χ3v) is 5.71. The smallest absolute Gasteiger partial charge is 0.276 e. The van der Waals surface area contributed by atoms with Crippen LogP contribution >= 0.6 is 11.1 Å². The van der Waals surface area contributed by atoms with Crippen molar-refractivity contribution < 1.29 is 0 Å². The molecule has 1 unspecified atom stereocenters. The molecule has 0 aromatic heterocycles. The van der Waals surface area contributed by atoms with Gasteiger partial charge in [0.15, 0.2) is 0 Å². The first-order chi connectivity index (χ1) is 6.08.